The molecule has 0 aromatic heterocycles. The first-order chi connectivity index (χ1) is 9.68. The summed E-state index contributed by atoms with van der Waals surface area (Å²) < 4.78 is 0. The monoisotopic (exact) mass is 289 g/mol. The smallest absolute Gasteiger partial charge is 0.327 e. The molecule has 0 spiro atoms. The van der Waals surface area contributed by atoms with Gasteiger partial charge in [-0.15, -0.1) is 0 Å². The molecule has 0 saturated carbocycles. The third kappa shape index (κ3) is 25.8. The van der Waals surface area contributed by atoms with Gasteiger partial charge in [0, 0.05) is 19.2 Å². The van der Waals surface area contributed by atoms with Crippen LogP contribution in [0.5, 0.6) is 0 Å². The molecule has 5 heteroatoms. The molecule has 0 aromatic rings. The Hall–Kier alpha value is -0.910. The Morgan fingerprint density at radius 1 is 1.00 bits per heavy atom. The van der Waals surface area contributed by atoms with Crippen LogP contribution in [0.3, 0.4) is 0 Å². The molecular formula is C15H31NO4. The van der Waals surface area contributed by atoms with Gasteiger partial charge in [-0.3, -0.25) is 0 Å². The number of unbranched alkanes of at least 4 members (excludes halogenated alkanes) is 6. The van der Waals surface area contributed by atoms with Crippen LogP contribution in [0.15, 0.2) is 12.2 Å². The van der Waals surface area contributed by atoms with E-state index in [1.807, 2.05) is 0 Å². The van der Waals surface area contributed by atoms with Crippen molar-refractivity contribution in [3.05, 3.63) is 12.2 Å². The van der Waals surface area contributed by atoms with E-state index in [-0.39, 0.29) is 13.2 Å². The third-order valence-electron chi connectivity index (χ3n) is 2.56. The molecule has 4 N–H and O–H groups in total. The van der Waals surface area contributed by atoms with E-state index in [1.54, 1.807) is 6.08 Å². The highest BCUT2D eigenvalue weighted by Crippen LogP contribution is 2.06. The first-order valence-corrected chi connectivity index (χ1v) is 7.50. The van der Waals surface area contributed by atoms with Crippen LogP contribution in [0.2, 0.25) is 0 Å². The van der Waals surface area contributed by atoms with E-state index in [0.29, 0.717) is 13.1 Å². The van der Waals surface area contributed by atoms with Crippen LogP contribution in [0, 0.1) is 0 Å². The molecule has 0 amide bonds. The number of nitrogens with one attached hydrogen (secondary N) is 1. The molecule has 0 fully saturated rings. The second kappa shape index (κ2) is 20.4. The van der Waals surface area contributed by atoms with E-state index < -0.39 is 5.97 Å². The van der Waals surface area contributed by atoms with Crippen LogP contribution in [0.4, 0.5) is 0 Å². The number of carbonyl (C=O) groups is 1. The van der Waals surface area contributed by atoms with Crippen molar-refractivity contribution in [1.82, 2.24) is 5.32 Å². The largest absolute Gasteiger partial charge is 0.478 e. The number of carboxylic acid groups (broad SMARTS) is 1. The molecule has 0 heterocycles. The highest BCUT2D eigenvalue weighted by Gasteiger charge is 1.89. The van der Waals surface area contributed by atoms with Crippen molar-refractivity contribution >= 4 is 5.97 Å². The fourth-order valence-corrected chi connectivity index (χ4v) is 1.51. The van der Waals surface area contributed by atoms with E-state index in [2.05, 4.69) is 12.2 Å². The summed E-state index contributed by atoms with van der Waals surface area (Å²) in [5, 5.41) is 27.4. The Bertz CT molecular complexity index is 216. The predicted octanol–water partition coefficient (Wildman–Crippen LogP) is 1.94. The Morgan fingerprint density at radius 2 is 1.55 bits per heavy atom. The number of hydrogen-bond acceptors (Lipinski definition) is 4. The quantitative estimate of drug-likeness (QED) is 0.326. The maximum Gasteiger partial charge on any atom is 0.327 e. The van der Waals surface area contributed by atoms with Crippen molar-refractivity contribution in [2.24, 2.45) is 0 Å². The molecule has 0 unspecified atom stereocenters. The first-order valence-electron chi connectivity index (χ1n) is 7.50. The molecule has 0 atom stereocenters. The minimum atomic E-state index is -0.842. The predicted molar refractivity (Wildman–Crippen MR) is 81.8 cm³/mol. The van der Waals surface area contributed by atoms with Crippen LogP contribution in [0.25, 0.3) is 0 Å². The second-order valence-electron chi connectivity index (χ2n) is 4.49. The minimum absolute atomic E-state index is 0.139. The summed E-state index contributed by atoms with van der Waals surface area (Å²) in [4.78, 5) is 10.1. The Balaban J connectivity index is 0. The van der Waals surface area contributed by atoms with Gasteiger partial charge in [-0.2, -0.15) is 0 Å². The molecule has 5 nitrogen and oxygen atoms in total. The van der Waals surface area contributed by atoms with Crippen LogP contribution in [0.1, 0.15) is 51.9 Å². The number of aliphatic hydroxyl groups is 2. The lowest BCUT2D eigenvalue weighted by Crippen LogP contribution is -2.21. The van der Waals surface area contributed by atoms with Gasteiger partial charge in [0.05, 0.1) is 13.2 Å². The topological polar surface area (TPSA) is 89.8 Å². The van der Waals surface area contributed by atoms with Crippen LogP contribution >= 0.6 is 0 Å². The van der Waals surface area contributed by atoms with Gasteiger partial charge in [0.25, 0.3) is 0 Å². The van der Waals surface area contributed by atoms with Crippen molar-refractivity contribution in [3.8, 4) is 0 Å². The summed E-state index contributed by atoms with van der Waals surface area (Å²) in [6.45, 7) is 3.62. The molecule has 0 bridgehead atoms. The van der Waals surface area contributed by atoms with Crippen molar-refractivity contribution in [1.29, 1.82) is 0 Å². The molecular weight excluding hydrogens is 258 g/mol. The van der Waals surface area contributed by atoms with E-state index in [4.69, 9.17) is 15.3 Å². The summed E-state index contributed by atoms with van der Waals surface area (Å²) in [7, 11) is 0. The van der Waals surface area contributed by atoms with Crippen molar-refractivity contribution in [3.63, 3.8) is 0 Å². The standard InChI is InChI=1S/C11H20O2.C4H11NO2/c1-2-3-4-5-6-7-8-9-10-11(12)13;6-3-1-5-2-4-7/h9-10H,2-8H2,1H3,(H,12,13);5-7H,1-4H2. The normalized spacial score (nSPS) is 10.3. The maximum atomic E-state index is 10.1. The Kier molecular flexibility index (Phi) is 21.8. The molecule has 0 radical (unpaired) electrons. The van der Waals surface area contributed by atoms with Gasteiger partial charge >= 0.3 is 5.97 Å². The van der Waals surface area contributed by atoms with Crippen LogP contribution < -0.4 is 5.32 Å². The number of aliphatic carboxylic acids is 1. The fraction of sp³-hybridized carbons (Fsp3) is 0.800. The maximum absolute atomic E-state index is 10.1. The molecule has 0 aliphatic heterocycles. The molecule has 0 saturated heterocycles. The molecule has 0 rings (SSSR count). The first kappa shape index (κ1) is 21.4. The summed E-state index contributed by atoms with van der Waals surface area (Å²) in [5.41, 5.74) is 0. The molecule has 0 aliphatic rings. The zero-order valence-corrected chi connectivity index (χ0v) is 12.7. The van der Waals surface area contributed by atoms with Gasteiger partial charge in [0.1, 0.15) is 0 Å². The second-order valence-corrected chi connectivity index (χ2v) is 4.49. The van der Waals surface area contributed by atoms with Crippen molar-refractivity contribution in [2.45, 2.75) is 51.9 Å². The Labute approximate surface area is 122 Å². The summed E-state index contributed by atoms with van der Waals surface area (Å²) in [5.74, 6) is -0.842. The van der Waals surface area contributed by atoms with Gasteiger partial charge in [-0.1, -0.05) is 45.1 Å². The summed E-state index contributed by atoms with van der Waals surface area (Å²) >= 11 is 0. The molecule has 20 heavy (non-hydrogen) atoms. The summed E-state index contributed by atoms with van der Waals surface area (Å²) in [6.07, 6.45) is 11.4. The highest BCUT2D eigenvalue weighted by atomic mass is 16.4. The van der Waals surface area contributed by atoms with Crippen molar-refractivity contribution in [2.75, 3.05) is 26.3 Å². The fourth-order valence-electron chi connectivity index (χ4n) is 1.51. The molecule has 0 aromatic carbocycles. The van der Waals surface area contributed by atoms with E-state index in [9.17, 15) is 4.79 Å². The van der Waals surface area contributed by atoms with E-state index in [1.165, 1.54) is 38.2 Å². The van der Waals surface area contributed by atoms with Gasteiger partial charge < -0.3 is 20.6 Å². The number of hydrogen-bond donors (Lipinski definition) is 4. The van der Waals surface area contributed by atoms with Gasteiger partial charge in [-0.05, 0) is 12.8 Å². The zero-order chi connectivity index (χ0) is 15.5. The number of aliphatic hydroxyl groups excluding tert-OH is 2. The van der Waals surface area contributed by atoms with E-state index >= 15 is 0 Å². The van der Waals surface area contributed by atoms with Crippen LogP contribution in [-0.2, 0) is 4.79 Å². The van der Waals surface area contributed by atoms with Gasteiger partial charge in [0.2, 0.25) is 0 Å². The lowest BCUT2D eigenvalue weighted by molar-refractivity contribution is -0.131. The average Bonchev–Trinajstić information content (AvgIpc) is 2.43. The zero-order valence-electron chi connectivity index (χ0n) is 12.7. The lowest BCUT2D eigenvalue weighted by Gasteiger charge is -1.96. The SMILES string of the molecule is CCCCCCCCC=CC(=O)O.OCCNCCO. The van der Waals surface area contributed by atoms with Gasteiger partial charge in [-0.25, -0.2) is 4.79 Å². The third-order valence-corrected chi connectivity index (χ3v) is 2.56. The minimum Gasteiger partial charge on any atom is -0.478 e. The number of allylic oxidation sites excluding steroid dienone is 1. The van der Waals surface area contributed by atoms with Gasteiger partial charge in [0.15, 0.2) is 0 Å². The summed E-state index contributed by atoms with van der Waals surface area (Å²) in [6, 6.07) is 0. The van der Waals surface area contributed by atoms with E-state index in [0.717, 1.165) is 12.8 Å². The van der Waals surface area contributed by atoms with Crippen molar-refractivity contribution < 1.29 is 20.1 Å². The molecule has 0 aliphatic carbocycles. The highest BCUT2D eigenvalue weighted by molar-refractivity contribution is 5.79. The van der Waals surface area contributed by atoms with Crippen LogP contribution in [-0.4, -0.2) is 47.6 Å². The number of carboxylic acids is 1. The number of rotatable bonds is 12. The lowest BCUT2D eigenvalue weighted by atomic mass is 10.1. The average molecular weight is 289 g/mol. The molecule has 120 valence electrons. The Morgan fingerprint density at radius 3 is 2.05 bits per heavy atom.